The lowest BCUT2D eigenvalue weighted by Crippen LogP contribution is -2.33. The average molecular weight is 475 g/mol. The minimum absolute atomic E-state index is 0.0252. The summed E-state index contributed by atoms with van der Waals surface area (Å²) >= 11 is 0. The molecule has 6 heteroatoms. The second kappa shape index (κ2) is 9.20. The van der Waals surface area contributed by atoms with Crippen LogP contribution in [0.1, 0.15) is 38.9 Å². The third-order valence-corrected chi connectivity index (χ3v) is 8.37. The first-order valence-corrected chi connectivity index (χ1v) is 12.8. The second-order valence-electron chi connectivity index (χ2n) is 9.10. The van der Waals surface area contributed by atoms with E-state index >= 15 is 0 Å². The predicted octanol–water partition coefficient (Wildman–Crippen LogP) is 5.46. The fourth-order valence-corrected chi connectivity index (χ4v) is 6.46. The maximum Gasteiger partial charge on any atom is 0.252 e. The summed E-state index contributed by atoms with van der Waals surface area (Å²) in [6.07, 6.45) is 0. The van der Waals surface area contributed by atoms with Crippen molar-refractivity contribution in [3.8, 4) is 0 Å². The van der Waals surface area contributed by atoms with Crippen molar-refractivity contribution in [3.63, 3.8) is 0 Å². The molecule has 0 aliphatic rings. The zero-order valence-electron chi connectivity index (χ0n) is 20.3. The summed E-state index contributed by atoms with van der Waals surface area (Å²) in [6, 6.07) is 19.1. The first-order chi connectivity index (χ1) is 16.1. The molecule has 0 aliphatic heterocycles. The van der Waals surface area contributed by atoms with Gasteiger partial charge in [0.05, 0.1) is 10.4 Å². The minimum atomic E-state index is -3.88. The summed E-state index contributed by atoms with van der Waals surface area (Å²) in [6.45, 7) is 9.68. The molecule has 1 heterocycles. The van der Waals surface area contributed by atoms with Gasteiger partial charge in [-0.1, -0.05) is 60.2 Å². The molecule has 0 bridgehead atoms. The average Bonchev–Trinajstić information content (AvgIpc) is 2.76. The standard InChI is InChI=1S/C28H30N2O3S/c1-18-13-21(4)27(22(5)14-18)34(32,33)30(16-23-9-7-6-8-10-23)17-24-15-25-19(2)11-12-20(3)26(25)29-28(24)31/h6-15H,16-17H2,1-5H3,(H,29,31). The minimum Gasteiger partial charge on any atom is -0.321 e. The van der Waals surface area contributed by atoms with E-state index in [9.17, 15) is 13.2 Å². The van der Waals surface area contributed by atoms with Gasteiger partial charge in [-0.05, 0) is 68.5 Å². The maximum absolute atomic E-state index is 14.0. The number of nitrogens with zero attached hydrogens (tertiary/aromatic N) is 1. The Morgan fingerprint density at radius 1 is 0.765 bits per heavy atom. The van der Waals surface area contributed by atoms with Crippen molar-refractivity contribution < 1.29 is 8.42 Å². The van der Waals surface area contributed by atoms with Gasteiger partial charge in [0.2, 0.25) is 10.0 Å². The molecule has 34 heavy (non-hydrogen) atoms. The van der Waals surface area contributed by atoms with Crippen molar-refractivity contribution in [3.05, 3.63) is 110 Å². The molecule has 0 spiro atoms. The van der Waals surface area contributed by atoms with Gasteiger partial charge in [0.15, 0.2) is 0 Å². The quantitative estimate of drug-likeness (QED) is 0.403. The molecular weight excluding hydrogens is 444 g/mol. The Bertz CT molecular complexity index is 1510. The van der Waals surface area contributed by atoms with Gasteiger partial charge in [-0.15, -0.1) is 0 Å². The molecule has 0 radical (unpaired) electrons. The van der Waals surface area contributed by atoms with Crippen molar-refractivity contribution in [1.29, 1.82) is 0 Å². The summed E-state index contributed by atoms with van der Waals surface area (Å²) in [5, 5.41) is 0.925. The number of pyridine rings is 1. The summed E-state index contributed by atoms with van der Waals surface area (Å²) in [5.74, 6) is 0. The monoisotopic (exact) mass is 474 g/mol. The van der Waals surface area contributed by atoms with Crippen LogP contribution in [0.25, 0.3) is 10.9 Å². The number of hydrogen-bond donors (Lipinski definition) is 1. The largest absolute Gasteiger partial charge is 0.321 e. The molecule has 0 saturated heterocycles. The molecule has 176 valence electrons. The van der Waals surface area contributed by atoms with Gasteiger partial charge in [0, 0.05) is 24.0 Å². The Morgan fingerprint density at radius 3 is 2.03 bits per heavy atom. The Hall–Kier alpha value is -3.22. The van der Waals surface area contributed by atoms with Crippen molar-refractivity contribution in [2.24, 2.45) is 0 Å². The molecule has 3 aromatic carbocycles. The predicted molar refractivity (Wildman–Crippen MR) is 138 cm³/mol. The van der Waals surface area contributed by atoms with Crippen LogP contribution in [-0.2, 0) is 23.1 Å². The molecule has 0 unspecified atom stereocenters. The number of aryl methyl sites for hydroxylation is 5. The summed E-state index contributed by atoms with van der Waals surface area (Å²) < 4.78 is 29.4. The summed E-state index contributed by atoms with van der Waals surface area (Å²) in [4.78, 5) is 16.3. The number of sulfonamides is 1. The number of benzene rings is 3. The van der Waals surface area contributed by atoms with Crippen molar-refractivity contribution in [2.45, 2.75) is 52.6 Å². The van der Waals surface area contributed by atoms with Crippen molar-refractivity contribution in [1.82, 2.24) is 9.29 Å². The normalized spacial score (nSPS) is 11.9. The van der Waals surface area contributed by atoms with Crippen LogP contribution in [0, 0.1) is 34.6 Å². The van der Waals surface area contributed by atoms with Gasteiger partial charge >= 0.3 is 0 Å². The van der Waals surface area contributed by atoms with E-state index in [2.05, 4.69) is 4.98 Å². The fourth-order valence-electron chi connectivity index (χ4n) is 4.64. The van der Waals surface area contributed by atoms with Crippen LogP contribution in [0.3, 0.4) is 0 Å². The van der Waals surface area contributed by atoms with Crippen LogP contribution in [0.4, 0.5) is 0 Å². The van der Waals surface area contributed by atoms with Crippen LogP contribution in [-0.4, -0.2) is 17.7 Å². The summed E-state index contributed by atoms with van der Waals surface area (Å²) in [7, 11) is -3.88. The highest BCUT2D eigenvalue weighted by Gasteiger charge is 2.29. The molecule has 0 fully saturated rings. The molecule has 1 N–H and O–H groups in total. The van der Waals surface area contributed by atoms with E-state index in [1.807, 2.05) is 95.3 Å². The van der Waals surface area contributed by atoms with Crippen LogP contribution >= 0.6 is 0 Å². The van der Waals surface area contributed by atoms with Crippen LogP contribution in [0.2, 0.25) is 0 Å². The molecule has 5 nitrogen and oxygen atoms in total. The molecule has 0 aliphatic carbocycles. The van der Waals surface area contributed by atoms with Crippen LogP contribution < -0.4 is 5.56 Å². The Balaban J connectivity index is 1.86. The lowest BCUT2D eigenvalue weighted by atomic mass is 10.0. The van der Waals surface area contributed by atoms with E-state index in [0.717, 1.165) is 33.2 Å². The number of aromatic amines is 1. The smallest absolute Gasteiger partial charge is 0.252 e. The van der Waals surface area contributed by atoms with Crippen molar-refractivity contribution in [2.75, 3.05) is 0 Å². The third kappa shape index (κ3) is 4.56. The van der Waals surface area contributed by atoms with E-state index in [1.54, 1.807) is 0 Å². The fraction of sp³-hybridized carbons (Fsp3) is 0.250. The third-order valence-electron chi connectivity index (χ3n) is 6.27. The summed E-state index contributed by atoms with van der Waals surface area (Å²) in [5.41, 5.74) is 6.22. The lowest BCUT2D eigenvalue weighted by Gasteiger charge is -2.25. The number of aromatic nitrogens is 1. The molecule has 1 aromatic heterocycles. The van der Waals surface area contributed by atoms with Gasteiger partial charge < -0.3 is 4.98 Å². The zero-order chi connectivity index (χ0) is 24.6. The second-order valence-corrected chi connectivity index (χ2v) is 11.0. The van der Waals surface area contributed by atoms with E-state index in [0.29, 0.717) is 21.6 Å². The molecule has 4 rings (SSSR count). The van der Waals surface area contributed by atoms with Crippen LogP contribution in [0.5, 0.6) is 0 Å². The maximum atomic E-state index is 14.0. The number of nitrogens with one attached hydrogen (secondary N) is 1. The van der Waals surface area contributed by atoms with Gasteiger partial charge in [-0.25, -0.2) is 8.42 Å². The first-order valence-electron chi connectivity index (χ1n) is 11.3. The van der Waals surface area contributed by atoms with E-state index < -0.39 is 10.0 Å². The highest BCUT2D eigenvalue weighted by Crippen LogP contribution is 2.28. The van der Waals surface area contributed by atoms with Crippen molar-refractivity contribution >= 4 is 20.9 Å². The van der Waals surface area contributed by atoms with Gasteiger partial charge in [0.25, 0.3) is 5.56 Å². The highest BCUT2D eigenvalue weighted by molar-refractivity contribution is 7.89. The molecule has 4 aromatic rings. The first kappa shape index (κ1) is 23.9. The van der Waals surface area contributed by atoms with Crippen LogP contribution in [0.15, 0.2) is 70.4 Å². The Kier molecular flexibility index (Phi) is 6.47. The zero-order valence-corrected chi connectivity index (χ0v) is 21.1. The number of H-pyrrole nitrogens is 1. The van der Waals surface area contributed by atoms with E-state index in [4.69, 9.17) is 0 Å². The number of fused-ring (bicyclic) bond motifs is 1. The Morgan fingerprint density at radius 2 is 1.38 bits per heavy atom. The molecular formula is C28H30N2O3S. The Labute approximate surface area is 201 Å². The van der Waals surface area contributed by atoms with Gasteiger partial charge in [-0.3, -0.25) is 4.79 Å². The topological polar surface area (TPSA) is 70.2 Å². The van der Waals surface area contributed by atoms with Gasteiger partial charge in [-0.2, -0.15) is 4.31 Å². The number of rotatable bonds is 6. The van der Waals surface area contributed by atoms with E-state index in [-0.39, 0.29) is 18.6 Å². The SMILES string of the molecule is Cc1cc(C)c(S(=O)(=O)N(Cc2ccccc2)Cc2cc3c(C)ccc(C)c3[nH]c2=O)c(C)c1. The molecule has 0 amide bonds. The highest BCUT2D eigenvalue weighted by atomic mass is 32.2. The van der Waals surface area contributed by atoms with Gasteiger partial charge in [0.1, 0.15) is 0 Å². The van der Waals surface area contributed by atoms with E-state index in [1.165, 1.54) is 4.31 Å². The number of hydrogen-bond acceptors (Lipinski definition) is 3. The molecule has 0 atom stereocenters. The lowest BCUT2D eigenvalue weighted by molar-refractivity contribution is 0.399. The molecule has 0 saturated carbocycles.